The number of para-hydroxylation sites is 2. The molecule has 0 atom stereocenters. The lowest BCUT2D eigenvalue weighted by atomic mass is 10.1. The van der Waals surface area contributed by atoms with Crippen molar-refractivity contribution in [3.63, 3.8) is 0 Å². The van der Waals surface area contributed by atoms with Crippen LogP contribution < -0.4 is 0 Å². The molecule has 0 radical (unpaired) electrons. The van der Waals surface area contributed by atoms with Gasteiger partial charge in [-0.3, -0.25) is 8.97 Å². The van der Waals surface area contributed by atoms with Crippen LogP contribution in [0.25, 0.3) is 44.7 Å². The lowest BCUT2D eigenvalue weighted by Crippen LogP contribution is -1.95. The maximum absolute atomic E-state index is 4.97. The molecule has 0 amide bonds. The molecule has 0 bridgehead atoms. The third-order valence-electron chi connectivity index (χ3n) is 5.37. The van der Waals surface area contributed by atoms with Crippen molar-refractivity contribution in [1.29, 1.82) is 0 Å². The molecule has 6 aromatic rings. The second kappa shape index (κ2) is 6.33. The number of nitrogens with zero attached hydrogens (tertiary/aromatic N) is 3. The van der Waals surface area contributed by atoms with Crippen LogP contribution in [0.5, 0.6) is 0 Å². The van der Waals surface area contributed by atoms with Crippen molar-refractivity contribution in [1.82, 2.24) is 14.0 Å². The SMILES string of the molecule is Brc1ccc2c(c1)n(-c1cccc(-c3ccccc3)c1)c1nc3ccccc3n21. The normalized spacial score (nSPS) is 11.6. The number of benzene rings is 4. The first-order chi connectivity index (χ1) is 14.3. The highest BCUT2D eigenvalue weighted by molar-refractivity contribution is 9.10. The first-order valence-electron chi connectivity index (χ1n) is 9.53. The van der Waals surface area contributed by atoms with E-state index in [0.717, 1.165) is 38.0 Å². The van der Waals surface area contributed by atoms with Crippen LogP contribution in [0.4, 0.5) is 0 Å². The van der Waals surface area contributed by atoms with E-state index < -0.39 is 0 Å². The topological polar surface area (TPSA) is 22.2 Å². The van der Waals surface area contributed by atoms with Gasteiger partial charge >= 0.3 is 0 Å². The molecule has 0 spiro atoms. The van der Waals surface area contributed by atoms with Gasteiger partial charge in [0.2, 0.25) is 5.78 Å². The van der Waals surface area contributed by atoms with Gasteiger partial charge in [-0.25, -0.2) is 4.98 Å². The number of aromatic nitrogens is 3. The number of fused-ring (bicyclic) bond motifs is 5. The van der Waals surface area contributed by atoms with Gasteiger partial charge in [0.15, 0.2) is 0 Å². The fourth-order valence-corrected chi connectivity index (χ4v) is 4.43. The van der Waals surface area contributed by atoms with Crippen LogP contribution in [0, 0.1) is 0 Å². The van der Waals surface area contributed by atoms with Crippen LogP contribution in [0.3, 0.4) is 0 Å². The lowest BCUT2D eigenvalue weighted by molar-refractivity contribution is 1.11. The number of hydrogen-bond acceptors (Lipinski definition) is 1. The molecule has 138 valence electrons. The standard InChI is InChI=1S/C25H16BrN3/c26-19-13-14-23-24(16-19)28(25-27-21-11-4-5-12-22(21)29(23)25)20-10-6-9-18(15-20)17-7-2-1-3-8-17/h1-16H. The van der Waals surface area contributed by atoms with Gasteiger partial charge in [0.05, 0.1) is 22.1 Å². The summed E-state index contributed by atoms with van der Waals surface area (Å²) in [5.41, 5.74) is 7.87. The fourth-order valence-electron chi connectivity index (χ4n) is 4.08. The molecule has 4 heteroatoms. The zero-order chi connectivity index (χ0) is 19.4. The first kappa shape index (κ1) is 16.6. The largest absolute Gasteiger partial charge is 0.278 e. The molecule has 0 aliphatic rings. The van der Waals surface area contributed by atoms with Gasteiger partial charge in [-0.05, 0) is 53.6 Å². The summed E-state index contributed by atoms with van der Waals surface area (Å²) in [7, 11) is 0. The molecule has 2 heterocycles. The predicted molar refractivity (Wildman–Crippen MR) is 123 cm³/mol. The molecule has 29 heavy (non-hydrogen) atoms. The molecule has 0 aliphatic carbocycles. The predicted octanol–water partition coefficient (Wildman–Crippen LogP) is 6.86. The van der Waals surface area contributed by atoms with Gasteiger partial charge < -0.3 is 0 Å². The Labute approximate surface area is 176 Å². The number of hydrogen-bond donors (Lipinski definition) is 0. The fraction of sp³-hybridized carbons (Fsp3) is 0. The average molecular weight is 438 g/mol. The quantitative estimate of drug-likeness (QED) is 0.290. The summed E-state index contributed by atoms with van der Waals surface area (Å²) in [5, 5.41) is 0. The molecule has 4 aromatic carbocycles. The van der Waals surface area contributed by atoms with Crippen molar-refractivity contribution in [2.24, 2.45) is 0 Å². The van der Waals surface area contributed by atoms with Crippen LogP contribution >= 0.6 is 15.9 Å². The van der Waals surface area contributed by atoms with Gasteiger partial charge in [0, 0.05) is 10.2 Å². The van der Waals surface area contributed by atoms with E-state index in [1.807, 2.05) is 12.1 Å². The summed E-state index contributed by atoms with van der Waals surface area (Å²) in [6.45, 7) is 0. The first-order valence-corrected chi connectivity index (χ1v) is 10.3. The zero-order valence-corrected chi connectivity index (χ0v) is 17.0. The van der Waals surface area contributed by atoms with Crippen molar-refractivity contribution in [3.05, 3.63) is 102 Å². The third-order valence-corrected chi connectivity index (χ3v) is 5.87. The van der Waals surface area contributed by atoms with E-state index in [2.05, 4.69) is 110 Å². The second-order valence-corrected chi connectivity index (χ2v) is 8.04. The summed E-state index contributed by atoms with van der Waals surface area (Å²) in [5.74, 6) is 0.921. The molecule has 2 aromatic heterocycles. The Kier molecular flexibility index (Phi) is 3.61. The van der Waals surface area contributed by atoms with E-state index in [0.29, 0.717) is 0 Å². The molecule has 0 unspecified atom stereocenters. The van der Waals surface area contributed by atoms with E-state index in [1.54, 1.807) is 0 Å². The van der Waals surface area contributed by atoms with E-state index >= 15 is 0 Å². The molecular formula is C25H16BrN3. The van der Waals surface area contributed by atoms with E-state index in [1.165, 1.54) is 11.1 Å². The van der Waals surface area contributed by atoms with Gasteiger partial charge in [0.25, 0.3) is 0 Å². The number of halogens is 1. The van der Waals surface area contributed by atoms with Crippen LogP contribution in [0.15, 0.2) is 102 Å². The minimum Gasteiger partial charge on any atom is -0.278 e. The molecule has 0 saturated heterocycles. The maximum atomic E-state index is 4.97. The Balaban J connectivity index is 1.72. The average Bonchev–Trinajstić information content (AvgIpc) is 3.28. The molecule has 0 aliphatic heterocycles. The smallest absolute Gasteiger partial charge is 0.220 e. The monoisotopic (exact) mass is 437 g/mol. The van der Waals surface area contributed by atoms with Crippen LogP contribution in [0.2, 0.25) is 0 Å². The van der Waals surface area contributed by atoms with Gasteiger partial charge in [-0.15, -0.1) is 0 Å². The minimum atomic E-state index is 0.921. The van der Waals surface area contributed by atoms with Gasteiger partial charge in [-0.1, -0.05) is 70.5 Å². The molecule has 0 saturated carbocycles. The maximum Gasteiger partial charge on any atom is 0.220 e. The van der Waals surface area contributed by atoms with Crippen LogP contribution in [0.1, 0.15) is 0 Å². The van der Waals surface area contributed by atoms with Crippen molar-refractivity contribution < 1.29 is 0 Å². The summed E-state index contributed by atoms with van der Waals surface area (Å²) < 4.78 is 5.54. The van der Waals surface area contributed by atoms with E-state index in [9.17, 15) is 0 Å². The van der Waals surface area contributed by atoms with Gasteiger partial charge in [-0.2, -0.15) is 0 Å². The Hall–Kier alpha value is -3.37. The number of rotatable bonds is 2. The summed E-state index contributed by atoms with van der Waals surface area (Å²) in [4.78, 5) is 4.97. The van der Waals surface area contributed by atoms with Crippen molar-refractivity contribution in [2.45, 2.75) is 0 Å². The summed E-state index contributed by atoms with van der Waals surface area (Å²) in [6, 6.07) is 33.8. The molecule has 0 N–H and O–H groups in total. The van der Waals surface area contributed by atoms with Crippen molar-refractivity contribution in [2.75, 3.05) is 0 Å². The van der Waals surface area contributed by atoms with Gasteiger partial charge in [0.1, 0.15) is 0 Å². The lowest BCUT2D eigenvalue weighted by Gasteiger charge is -2.08. The minimum absolute atomic E-state index is 0.921. The summed E-state index contributed by atoms with van der Waals surface area (Å²) >= 11 is 3.64. The highest BCUT2D eigenvalue weighted by Crippen LogP contribution is 2.32. The highest BCUT2D eigenvalue weighted by atomic mass is 79.9. The zero-order valence-electron chi connectivity index (χ0n) is 15.5. The Bertz CT molecular complexity index is 1510. The van der Waals surface area contributed by atoms with Crippen molar-refractivity contribution >= 4 is 43.8 Å². The van der Waals surface area contributed by atoms with Crippen LogP contribution in [-0.4, -0.2) is 14.0 Å². The Morgan fingerprint density at radius 2 is 1.41 bits per heavy atom. The molecule has 6 rings (SSSR count). The van der Waals surface area contributed by atoms with E-state index in [4.69, 9.17) is 4.98 Å². The summed E-state index contributed by atoms with van der Waals surface area (Å²) in [6.07, 6.45) is 0. The Morgan fingerprint density at radius 3 is 2.31 bits per heavy atom. The highest BCUT2D eigenvalue weighted by Gasteiger charge is 2.17. The van der Waals surface area contributed by atoms with E-state index in [-0.39, 0.29) is 0 Å². The van der Waals surface area contributed by atoms with Crippen LogP contribution in [-0.2, 0) is 0 Å². The molecule has 0 fully saturated rings. The molecule has 3 nitrogen and oxygen atoms in total. The third kappa shape index (κ3) is 2.53. The number of imidazole rings is 2. The molecular weight excluding hydrogens is 422 g/mol. The Morgan fingerprint density at radius 1 is 0.621 bits per heavy atom. The van der Waals surface area contributed by atoms with Crippen molar-refractivity contribution in [3.8, 4) is 16.8 Å². The second-order valence-electron chi connectivity index (χ2n) is 7.12.